The van der Waals surface area contributed by atoms with Crippen molar-refractivity contribution in [3.05, 3.63) is 63.6 Å². The molecule has 0 fully saturated rings. The molecule has 3 nitrogen and oxygen atoms in total. The van der Waals surface area contributed by atoms with E-state index in [-0.39, 0.29) is 11.9 Å². The normalized spacial score (nSPS) is 11.8. The number of hydrogen-bond donors (Lipinski definition) is 1. The van der Waals surface area contributed by atoms with Crippen LogP contribution < -0.4 is 10.1 Å². The highest BCUT2D eigenvalue weighted by molar-refractivity contribution is 7.99. The Morgan fingerprint density at radius 1 is 1.24 bits per heavy atom. The number of carbonyl (C=O) groups excluding carboxylic acids is 1. The second-order valence-corrected chi connectivity index (χ2v) is 7.60. The van der Waals surface area contributed by atoms with Gasteiger partial charge >= 0.3 is 0 Å². The van der Waals surface area contributed by atoms with Crippen molar-refractivity contribution in [3.8, 4) is 5.75 Å². The lowest BCUT2D eigenvalue weighted by molar-refractivity contribution is -0.119. The number of benzene rings is 2. The number of nitrogens with one attached hydrogen (secondary N) is 1. The van der Waals surface area contributed by atoms with Gasteiger partial charge in [-0.05, 0) is 43.2 Å². The average molecular weight is 398 g/mol. The number of rotatable bonds is 8. The second-order valence-electron chi connectivity index (χ2n) is 5.77. The summed E-state index contributed by atoms with van der Waals surface area (Å²) in [5.41, 5.74) is 2.05. The second kappa shape index (κ2) is 9.95. The van der Waals surface area contributed by atoms with Crippen molar-refractivity contribution >= 4 is 40.9 Å². The van der Waals surface area contributed by atoms with Crippen LogP contribution in [0, 0.1) is 6.92 Å². The molecule has 2 aromatic carbocycles. The highest BCUT2D eigenvalue weighted by atomic mass is 35.5. The van der Waals surface area contributed by atoms with Gasteiger partial charge in [-0.15, -0.1) is 11.8 Å². The van der Waals surface area contributed by atoms with Crippen LogP contribution in [0.4, 0.5) is 0 Å². The summed E-state index contributed by atoms with van der Waals surface area (Å²) in [6.07, 6.45) is 0. The Bertz CT molecular complexity index is 724. The molecule has 2 rings (SSSR count). The molecular weight excluding hydrogens is 377 g/mol. The van der Waals surface area contributed by atoms with Crippen molar-refractivity contribution in [1.29, 1.82) is 0 Å². The van der Waals surface area contributed by atoms with Crippen molar-refractivity contribution in [2.75, 3.05) is 12.4 Å². The molecule has 0 unspecified atom stereocenters. The van der Waals surface area contributed by atoms with Crippen molar-refractivity contribution in [2.45, 2.75) is 25.6 Å². The Labute approximate surface area is 163 Å². The number of hydrogen-bond acceptors (Lipinski definition) is 3. The maximum Gasteiger partial charge on any atom is 0.230 e. The maximum absolute atomic E-state index is 12.0. The number of thioether (sulfide) groups is 1. The van der Waals surface area contributed by atoms with Crippen LogP contribution >= 0.6 is 35.0 Å². The van der Waals surface area contributed by atoms with Crippen molar-refractivity contribution < 1.29 is 9.53 Å². The lowest BCUT2D eigenvalue weighted by Gasteiger charge is -2.16. The Kier molecular flexibility index (Phi) is 7.94. The molecule has 0 heterocycles. The zero-order valence-corrected chi connectivity index (χ0v) is 16.5. The van der Waals surface area contributed by atoms with E-state index in [0.29, 0.717) is 28.2 Å². The molecule has 0 aliphatic rings. The molecule has 0 aliphatic carbocycles. The van der Waals surface area contributed by atoms with Crippen LogP contribution in [0.5, 0.6) is 5.75 Å². The van der Waals surface area contributed by atoms with Crippen molar-refractivity contribution in [3.63, 3.8) is 0 Å². The summed E-state index contributed by atoms with van der Waals surface area (Å²) < 4.78 is 5.75. The Hall–Kier alpha value is -1.36. The van der Waals surface area contributed by atoms with Gasteiger partial charge in [0.1, 0.15) is 12.4 Å². The van der Waals surface area contributed by atoms with Crippen LogP contribution in [0.15, 0.2) is 42.5 Å². The fraction of sp³-hybridized carbons (Fsp3) is 0.316. The van der Waals surface area contributed by atoms with E-state index in [1.807, 2.05) is 44.2 Å². The fourth-order valence-corrected chi connectivity index (χ4v) is 3.58. The topological polar surface area (TPSA) is 38.3 Å². The first-order valence-electron chi connectivity index (χ1n) is 7.95. The lowest BCUT2D eigenvalue weighted by Crippen LogP contribution is -2.37. The van der Waals surface area contributed by atoms with E-state index in [0.717, 1.165) is 16.9 Å². The molecule has 0 saturated heterocycles. The maximum atomic E-state index is 12.0. The van der Waals surface area contributed by atoms with Gasteiger partial charge in [0.25, 0.3) is 0 Å². The summed E-state index contributed by atoms with van der Waals surface area (Å²) in [5, 5.41) is 4.18. The molecule has 0 saturated carbocycles. The highest BCUT2D eigenvalue weighted by Gasteiger charge is 2.10. The van der Waals surface area contributed by atoms with Gasteiger partial charge < -0.3 is 10.1 Å². The third kappa shape index (κ3) is 6.81. The van der Waals surface area contributed by atoms with Gasteiger partial charge in [-0.1, -0.05) is 47.5 Å². The van der Waals surface area contributed by atoms with Gasteiger partial charge in [0.15, 0.2) is 0 Å². The molecule has 0 spiro atoms. The number of carbonyl (C=O) groups is 1. The number of aryl methyl sites for hydroxylation is 1. The third-order valence-electron chi connectivity index (χ3n) is 3.50. The SMILES string of the molecule is Cc1ccccc1OC[C@H](C)NC(=O)CSCc1ccc(Cl)cc1Cl. The van der Waals surface area contributed by atoms with Gasteiger partial charge in [-0.2, -0.15) is 0 Å². The molecular formula is C19H21Cl2NO2S. The van der Waals surface area contributed by atoms with Crippen molar-refractivity contribution in [2.24, 2.45) is 0 Å². The van der Waals surface area contributed by atoms with E-state index in [4.69, 9.17) is 27.9 Å². The predicted molar refractivity (Wildman–Crippen MR) is 107 cm³/mol. The quantitative estimate of drug-likeness (QED) is 0.671. The first-order chi connectivity index (χ1) is 12.0. The number of halogens is 2. The summed E-state index contributed by atoms with van der Waals surface area (Å²) in [6.45, 7) is 4.36. The number of amides is 1. The van der Waals surface area contributed by atoms with Crippen LogP contribution in [-0.4, -0.2) is 24.3 Å². The number of para-hydroxylation sites is 1. The van der Waals surface area contributed by atoms with Crippen molar-refractivity contribution in [1.82, 2.24) is 5.32 Å². The summed E-state index contributed by atoms with van der Waals surface area (Å²) in [7, 11) is 0. The minimum Gasteiger partial charge on any atom is -0.491 e. The summed E-state index contributed by atoms with van der Waals surface area (Å²) in [5.74, 6) is 1.86. The van der Waals surface area contributed by atoms with Crippen LogP contribution in [0.1, 0.15) is 18.1 Å². The van der Waals surface area contributed by atoms with Gasteiger partial charge in [0.2, 0.25) is 5.91 Å². The van der Waals surface area contributed by atoms with E-state index >= 15 is 0 Å². The molecule has 25 heavy (non-hydrogen) atoms. The minimum atomic E-state index is -0.0631. The molecule has 0 aliphatic heterocycles. The third-order valence-corrected chi connectivity index (χ3v) is 5.06. The van der Waals surface area contributed by atoms with E-state index in [9.17, 15) is 4.79 Å². The Morgan fingerprint density at radius 3 is 2.72 bits per heavy atom. The molecule has 1 atom stereocenters. The van der Waals surface area contributed by atoms with Crippen LogP contribution in [-0.2, 0) is 10.5 Å². The van der Waals surface area contributed by atoms with Gasteiger partial charge in [0.05, 0.1) is 11.8 Å². The molecule has 1 amide bonds. The minimum absolute atomic E-state index is 0.0176. The first kappa shape index (κ1) is 20.0. The largest absolute Gasteiger partial charge is 0.491 e. The summed E-state index contributed by atoms with van der Waals surface area (Å²) in [6, 6.07) is 13.2. The molecule has 0 aromatic heterocycles. The van der Waals surface area contributed by atoms with E-state index < -0.39 is 0 Å². The monoisotopic (exact) mass is 397 g/mol. The molecule has 6 heteroatoms. The lowest BCUT2D eigenvalue weighted by atomic mass is 10.2. The molecule has 0 radical (unpaired) electrons. The molecule has 2 aromatic rings. The van der Waals surface area contributed by atoms with Crippen LogP contribution in [0.3, 0.4) is 0 Å². The summed E-state index contributed by atoms with van der Waals surface area (Å²) in [4.78, 5) is 12.0. The summed E-state index contributed by atoms with van der Waals surface area (Å²) >= 11 is 13.5. The van der Waals surface area contributed by atoms with E-state index in [1.165, 1.54) is 11.8 Å². The standard InChI is InChI=1S/C19H21Cl2NO2S/c1-13-5-3-4-6-18(13)24-10-14(2)22-19(23)12-25-11-15-7-8-16(20)9-17(15)21/h3-9,14H,10-12H2,1-2H3,(H,22,23)/t14-/m0/s1. The first-order valence-corrected chi connectivity index (χ1v) is 9.86. The number of ether oxygens (including phenoxy) is 1. The van der Waals surface area contributed by atoms with Crippen LogP contribution in [0.25, 0.3) is 0 Å². The fourth-order valence-electron chi connectivity index (χ4n) is 2.18. The predicted octanol–water partition coefficient (Wildman–Crippen LogP) is 5.12. The van der Waals surface area contributed by atoms with E-state index in [2.05, 4.69) is 5.32 Å². The van der Waals surface area contributed by atoms with Crippen LogP contribution in [0.2, 0.25) is 10.0 Å². The molecule has 1 N–H and O–H groups in total. The zero-order valence-electron chi connectivity index (χ0n) is 14.2. The van der Waals surface area contributed by atoms with E-state index in [1.54, 1.807) is 12.1 Å². The highest BCUT2D eigenvalue weighted by Crippen LogP contribution is 2.24. The van der Waals surface area contributed by atoms with Gasteiger partial charge in [-0.25, -0.2) is 0 Å². The zero-order chi connectivity index (χ0) is 18.2. The molecule has 0 bridgehead atoms. The smallest absolute Gasteiger partial charge is 0.230 e. The van der Waals surface area contributed by atoms with Gasteiger partial charge in [0, 0.05) is 15.8 Å². The Morgan fingerprint density at radius 2 is 2.00 bits per heavy atom. The average Bonchev–Trinajstić information content (AvgIpc) is 2.56. The van der Waals surface area contributed by atoms with Gasteiger partial charge in [-0.3, -0.25) is 4.79 Å². The molecule has 134 valence electrons. The Balaban J connectivity index is 1.70.